The Balaban J connectivity index is 1.42. The summed E-state index contributed by atoms with van der Waals surface area (Å²) < 4.78 is 17.6. The van der Waals surface area contributed by atoms with Gasteiger partial charge in [0.1, 0.15) is 0 Å². The van der Waals surface area contributed by atoms with Crippen molar-refractivity contribution in [1.82, 2.24) is 0 Å². The molecular weight excluding hydrogens is 254 g/mol. The van der Waals surface area contributed by atoms with Gasteiger partial charge in [-0.1, -0.05) is 0 Å². The van der Waals surface area contributed by atoms with E-state index in [0.29, 0.717) is 30.1 Å². The molecule has 0 amide bonds. The Kier molecular flexibility index (Phi) is 3.53. The summed E-state index contributed by atoms with van der Waals surface area (Å²) in [6.45, 7) is 2.57. The third-order valence-electron chi connectivity index (χ3n) is 6.13. The first kappa shape index (κ1) is 13.5. The standard InChI is InChI=1S/C16H27NO3/c17-15(13-9-12-1-2-14(13)20-12)11-3-6-19-16(10-11)4-7-18-8-5-16/h11-15H,1-10,17H2. The number of hydrogen-bond donors (Lipinski definition) is 1. The van der Waals surface area contributed by atoms with Crippen LogP contribution in [0.25, 0.3) is 0 Å². The van der Waals surface area contributed by atoms with Crippen molar-refractivity contribution in [1.29, 1.82) is 0 Å². The molecule has 5 unspecified atom stereocenters. The first-order chi connectivity index (χ1) is 9.76. The molecule has 4 aliphatic rings. The highest BCUT2D eigenvalue weighted by molar-refractivity contribution is 4.99. The number of hydrogen-bond acceptors (Lipinski definition) is 4. The minimum atomic E-state index is 0.0667. The molecule has 0 aromatic carbocycles. The highest BCUT2D eigenvalue weighted by Gasteiger charge is 2.48. The summed E-state index contributed by atoms with van der Waals surface area (Å²) in [6, 6.07) is 0.300. The molecule has 4 saturated heterocycles. The maximum absolute atomic E-state index is 6.66. The topological polar surface area (TPSA) is 53.7 Å². The van der Waals surface area contributed by atoms with Crippen molar-refractivity contribution < 1.29 is 14.2 Å². The predicted octanol–water partition coefficient (Wildman–Crippen LogP) is 1.86. The normalized spacial score (nSPS) is 44.9. The van der Waals surface area contributed by atoms with Gasteiger partial charge < -0.3 is 19.9 Å². The van der Waals surface area contributed by atoms with E-state index in [-0.39, 0.29) is 5.60 Å². The molecule has 2 bridgehead atoms. The molecule has 5 atom stereocenters. The van der Waals surface area contributed by atoms with Gasteiger partial charge in [-0.2, -0.15) is 0 Å². The van der Waals surface area contributed by atoms with E-state index in [1.165, 1.54) is 19.3 Å². The third-order valence-corrected chi connectivity index (χ3v) is 6.13. The van der Waals surface area contributed by atoms with Gasteiger partial charge in [-0.25, -0.2) is 0 Å². The molecule has 4 fully saturated rings. The van der Waals surface area contributed by atoms with Crippen LogP contribution in [-0.4, -0.2) is 43.7 Å². The Labute approximate surface area is 121 Å². The van der Waals surface area contributed by atoms with Crippen LogP contribution in [0.5, 0.6) is 0 Å². The lowest BCUT2D eigenvalue weighted by atomic mass is 9.72. The van der Waals surface area contributed by atoms with Crippen molar-refractivity contribution in [2.24, 2.45) is 17.6 Å². The number of ether oxygens (including phenoxy) is 3. The van der Waals surface area contributed by atoms with E-state index in [9.17, 15) is 0 Å². The Morgan fingerprint density at radius 3 is 2.60 bits per heavy atom. The number of fused-ring (bicyclic) bond motifs is 2. The average Bonchev–Trinajstić information content (AvgIpc) is 3.10. The fraction of sp³-hybridized carbons (Fsp3) is 1.00. The molecular formula is C16H27NO3. The summed E-state index contributed by atoms with van der Waals surface area (Å²) in [5.41, 5.74) is 6.73. The van der Waals surface area contributed by atoms with Gasteiger partial charge in [0.15, 0.2) is 0 Å². The molecule has 0 aliphatic carbocycles. The molecule has 4 nitrogen and oxygen atoms in total. The zero-order valence-corrected chi connectivity index (χ0v) is 12.3. The van der Waals surface area contributed by atoms with E-state index in [0.717, 1.165) is 45.5 Å². The molecule has 20 heavy (non-hydrogen) atoms. The summed E-state index contributed by atoms with van der Waals surface area (Å²) >= 11 is 0. The second-order valence-electron chi connectivity index (χ2n) is 7.25. The van der Waals surface area contributed by atoms with E-state index >= 15 is 0 Å². The molecule has 0 radical (unpaired) electrons. The van der Waals surface area contributed by atoms with E-state index < -0.39 is 0 Å². The Morgan fingerprint density at radius 2 is 1.90 bits per heavy atom. The van der Waals surface area contributed by atoms with Crippen LogP contribution in [0.15, 0.2) is 0 Å². The van der Waals surface area contributed by atoms with Crippen molar-refractivity contribution in [3.05, 3.63) is 0 Å². The summed E-state index contributed by atoms with van der Waals surface area (Å²) in [6.07, 6.45) is 8.97. The van der Waals surface area contributed by atoms with Crippen LogP contribution in [0, 0.1) is 11.8 Å². The fourth-order valence-electron chi connectivity index (χ4n) is 4.92. The lowest BCUT2D eigenvalue weighted by Gasteiger charge is -2.46. The first-order valence-electron chi connectivity index (χ1n) is 8.39. The van der Waals surface area contributed by atoms with Gasteiger partial charge in [0, 0.05) is 31.8 Å². The molecule has 4 heteroatoms. The van der Waals surface area contributed by atoms with E-state index in [1.54, 1.807) is 0 Å². The van der Waals surface area contributed by atoms with Crippen molar-refractivity contribution >= 4 is 0 Å². The second-order valence-corrected chi connectivity index (χ2v) is 7.25. The fourth-order valence-corrected chi connectivity index (χ4v) is 4.92. The summed E-state index contributed by atoms with van der Waals surface area (Å²) in [7, 11) is 0. The van der Waals surface area contributed by atoms with Crippen molar-refractivity contribution in [3.8, 4) is 0 Å². The average molecular weight is 281 g/mol. The SMILES string of the molecule is NC(C1CCOC2(CCOCC2)C1)C1CC2CCC1O2. The van der Waals surface area contributed by atoms with Crippen LogP contribution in [0.4, 0.5) is 0 Å². The summed E-state index contributed by atoms with van der Waals surface area (Å²) in [4.78, 5) is 0. The van der Waals surface area contributed by atoms with Crippen LogP contribution in [-0.2, 0) is 14.2 Å². The number of nitrogens with two attached hydrogens (primary N) is 1. The van der Waals surface area contributed by atoms with Crippen LogP contribution in [0.3, 0.4) is 0 Å². The highest BCUT2D eigenvalue weighted by Crippen LogP contribution is 2.45. The molecule has 1 spiro atoms. The first-order valence-corrected chi connectivity index (χ1v) is 8.39. The zero-order valence-electron chi connectivity index (χ0n) is 12.3. The lowest BCUT2D eigenvalue weighted by Crippen LogP contribution is -2.51. The van der Waals surface area contributed by atoms with Crippen LogP contribution >= 0.6 is 0 Å². The minimum Gasteiger partial charge on any atom is -0.381 e. The second kappa shape index (κ2) is 5.24. The van der Waals surface area contributed by atoms with Crippen molar-refractivity contribution in [2.75, 3.05) is 19.8 Å². The quantitative estimate of drug-likeness (QED) is 0.839. The Bertz CT molecular complexity index is 350. The molecule has 4 heterocycles. The molecule has 2 N–H and O–H groups in total. The van der Waals surface area contributed by atoms with Gasteiger partial charge in [-0.3, -0.25) is 0 Å². The van der Waals surface area contributed by atoms with E-state index in [2.05, 4.69) is 0 Å². The third kappa shape index (κ3) is 2.31. The number of rotatable bonds is 2. The van der Waals surface area contributed by atoms with Gasteiger partial charge in [-0.15, -0.1) is 0 Å². The molecule has 0 aromatic heterocycles. The zero-order chi connectivity index (χ0) is 13.6. The van der Waals surface area contributed by atoms with Crippen molar-refractivity contribution in [3.63, 3.8) is 0 Å². The Hall–Kier alpha value is -0.160. The maximum Gasteiger partial charge on any atom is 0.0729 e. The maximum atomic E-state index is 6.66. The van der Waals surface area contributed by atoms with Gasteiger partial charge in [0.25, 0.3) is 0 Å². The van der Waals surface area contributed by atoms with Crippen LogP contribution < -0.4 is 5.73 Å². The molecule has 0 saturated carbocycles. The lowest BCUT2D eigenvalue weighted by molar-refractivity contribution is -0.151. The van der Waals surface area contributed by atoms with Crippen LogP contribution in [0.1, 0.15) is 44.9 Å². The predicted molar refractivity (Wildman–Crippen MR) is 75.4 cm³/mol. The Morgan fingerprint density at radius 1 is 1.05 bits per heavy atom. The molecule has 0 aromatic rings. The van der Waals surface area contributed by atoms with E-state index in [4.69, 9.17) is 19.9 Å². The molecule has 4 aliphatic heterocycles. The summed E-state index contributed by atoms with van der Waals surface area (Å²) in [5, 5.41) is 0. The highest BCUT2D eigenvalue weighted by atomic mass is 16.5. The minimum absolute atomic E-state index is 0.0667. The van der Waals surface area contributed by atoms with Crippen LogP contribution in [0.2, 0.25) is 0 Å². The van der Waals surface area contributed by atoms with Gasteiger partial charge in [0.05, 0.1) is 17.8 Å². The monoisotopic (exact) mass is 281 g/mol. The van der Waals surface area contributed by atoms with Crippen molar-refractivity contribution in [2.45, 2.75) is 68.8 Å². The summed E-state index contributed by atoms with van der Waals surface area (Å²) in [5.74, 6) is 1.20. The van der Waals surface area contributed by atoms with Gasteiger partial charge in [0.2, 0.25) is 0 Å². The van der Waals surface area contributed by atoms with E-state index in [1.807, 2.05) is 0 Å². The largest absolute Gasteiger partial charge is 0.381 e. The molecule has 4 rings (SSSR count). The van der Waals surface area contributed by atoms with Gasteiger partial charge >= 0.3 is 0 Å². The van der Waals surface area contributed by atoms with Gasteiger partial charge in [-0.05, 0) is 50.9 Å². The smallest absolute Gasteiger partial charge is 0.0729 e. The molecule has 114 valence electrons.